The molecule has 0 aliphatic carbocycles. The maximum absolute atomic E-state index is 13.2. The minimum absolute atomic E-state index is 0.326. The van der Waals surface area contributed by atoms with Crippen molar-refractivity contribution < 1.29 is 14.3 Å². The molecule has 2 aromatic carbocycles. The summed E-state index contributed by atoms with van der Waals surface area (Å²) < 4.78 is 11.0. The predicted octanol–water partition coefficient (Wildman–Crippen LogP) is 4.72. The van der Waals surface area contributed by atoms with E-state index < -0.39 is 11.7 Å². The number of hydrogen-bond acceptors (Lipinski definition) is 6. The number of ether oxygens (including phenoxy) is 2. The van der Waals surface area contributed by atoms with Gasteiger partial charge in [0.2, 0.25) is 0 Å². The highest BCUT2D eigenvalue weighted by Gasteiger charge is 2.31. The molecule has 1 amide bonds. The van der Waals surface area contributed by atoms with Gasteiger partial charge in [0.1, 0.15) is 23.5 Å². The Bertz CT molecular complexity index is 1020. The van der Waals surface area contributed by atoms with Gasteiger partial charge < -0.3 is 15.2 Å². The van der Waals surface area contributed by atoms with Crippen LogP contribution in [0.3, 0.4) is 0 Å². The topological polar surface area (TPSA) is 90.6 Å². The molecule has 0 unspecified atom stereocenters. The molecule has 0 aliphatic heterocycles. The number of carbonyl (C=O) groups is 1. The van der Waals surface area contributed by atoms with E-state index in [1.54, 1.807) is 19.2 Å². The molecule has 0 spiro atoms. The third kappa shape index (κ3) is 4.39. The van der Waals surface area contributed by atoms with Crippen molar-refractivity contribution in [2.75, 3.05) is 17.7 Å². The Morgan fingerprint density at radius 3 is 2.45 bits per heavy atom. The van der Waals surface area contributed by atoms with E-state index in [4.69, 9.17) is 15.2 Å². The Labute approximate surface area is 170 Å². The van der Waals surface area contributed by atoms with Crippen molar-refractivity contribution >= 4 is 28.5 Å². The number of aromatic nitrogens is 2. The van der Waals surface area contributed by atoms with E-state index in [1.807, 2.05) is 58.0 Å². The standard InChI is InChI=1S/C22H26N4O3/c1-14(15-9-7-6-8-10-15)26(21(27)29-22(2,3)4)20-16-11-17(23)19(28-5)12-18(16)24-13-25-20/h6-14H,23H2,1-5H3/t14-/m0/s1. The first-order valence-electron chi connectivity index (χ1n) is 9.36. The van der Waals surface area contributed by atoms with Gasteiger partial charge in [0, 0.05) is 11.5 Å². The Kier molecular flexibility index (Phi) is 5.59. The summed E-state index contributed by atoms with van der Waals surface area (Å²) in [6.45, 7) is 7.42. The second-order valence-corrected chi connectivity index (χ2v) is 7.75. The van der Waals surface area contributed by atoms with Crippen LogP contribution in [0.15, 0.2) is 48.8 Å². The molecule has 0 bridgehead atoms. The number of benzene rings is 2. The molecule has 2 N–H and O–H groups in total. The average Bonchev–Trinajstić information content (AvgIpc) is 2.67. The van der Waals surface area contributed by atoms with Crippen molar-refractivity contribution in [1.82, 2.24) is 9.97 Å². The summed E-state index contributed by atoms with van der Waals surface area (Å²) in [4.78, 5) is 23.5. The molecular formula is C22H26N4O3. The monoisotopic (exact) mass is 394 g/mol. The predicted molar refractivity (Wildman–Crippen MR) is 114 cm³/mol. The zero-order chi connectivity index (χ0) is 21.2. The molecule has 1 atom stereocenters. The van der Waals surface area contributed by atoms with Gasteiger partial charge in [-0.1, -0.05) is 30.3 Å². The second kappa shape index (κ2) is 7.95. The molecular weight excluding hydrogens is 368 g/mol. The zero-order valence-electron chi connectivity index (χ0n) is 17.3. The van der Waals surface area contributed by atoms with Crippen LogP contribution in [0, 0.1) is 0 Å². The number of rotatable bonds is 4. The van der Waals surface area contributed by atoms with E-state index in [0.29, 0.717) is 28.2 Å². The molecule has 0 fully saturated rings. The maximum atomic E-state index is 13.2. The Hall–Kier alpha value is -3.35. The van der Waals surface area contributed by atoms with Gasteiger partial charge in [0.15, 0.2) is 0 Å². The largest absolute Gasteiger partial charge is 0.495 e. The minimum atomic E-state index is -0.656. The molecule has 152 valence electrons. The smallest absolute Gasteiger partial charge is 0.416 e. The van der Waals surface area contributed by atoms with Gasteiger partial charge in [-0.3, -0.25) is 4.90 Å². The maximum Gasteiger partial charge on any atom is 0.416 e. The normalized spacial score (nSPS) is 12.4. The lowest BCUT2D eigenvalue weighted by molar-refractivity contribution is 0.0566. The highest BCUT2D eigenvalue weighted by atomic mass is 16.6. The third-order valence-electron chi connectivity index (χ3n) is 4.45. The highest BCUT2D eigenvalue weighted by Crippen LogP contribution is 2.35. The average molecular weight is 394 g/mol. The van der Waals surface area contributed by atoms with Gasteiger partial charge in [0.25, 0.3) is 0 Å². The lowest BCUT2D eigenvalue weighted by Gasteiger charge is -2.31. The number of nitrogen functional groups attached to an aromatic ring is 1. The zero-order valence-corrected chi connectivity index (χ0v) is 17.3. The van der Waals surface area contributed by atoms with Gasteiger partial charge in [-0.05, 0) is 39.3 Å². The highest BCUT2D eigenvalue weighted by molar-refractivity contribution is 6.00. The quantitative estimate of drug-likeness (QED) is 0.644. The van der Waals surface area contributed by atoms with Crippen LogP contribution in [-0.4, -0.2) is 28.8 Å². The van der Waals surface area contributed by atoms with Gasteiger partial charge >= 0.3 is 6.09 Å². The van der Waals surface area contributed by atoms with Crippen LogP contribution in [0.2, 0.25) is 0 Å². The third-order valence-corrected chi connectivity index (χ3v) is 4.45. The Morgan fingerprint density at radius 2 is 1.83 bits per heavy atom. The van der Waals surface area contributed by atoms with E-state index >= 15 is 0 Å². The van der Waals surface area contributed by atoms with Crippen molar-refractivity contribution in [3.63, 3.8) is 0 Å². The lowest BCUT2D eigenvalue weighted by Crippen LogP contribution is -2.39. The fourth-order valence-corrected chi connectivity index (χ4v) is 3.08. The number of nitrogens with zero attached hydrogens (tertiary/aromatic N) is 3. The van der Waals surface area contributed by atoms with E-state index in [2.05, 4.69) is 9.97 Å². The Balaban J connectivity index is 2.18. The molecule has 7 heteroatoms. The molecule has 0 saturated carbocycles. The minimum Gasteiger partial charge on any atom is -0.495 e. The summed E-state index contributed by atoms with van der Waals surface area (Å²) in [6.07, 6.45) is 0.922. The lowest BCUT2D eigenvalue weighted by atomic mass is 10.1. The van der Waals surface area contributed by atoms with Crippen LogP contribution in [0.1, 0.15) is 39.3 Å². The van der Waals surface area contributed by atoms with Crippen molar-refractivity contribution in [2.45, 2.75) is 39.3 Å². The number of amides is 1. The first kappa shape index (κ1) is 20.4. The van der Waals surface area contributed by atoms with Crippen LogP contribution >= 0.6 is 0 Å². The molecule has 1 aromatic heterocycles. The number of fused-ring (bicyclic) bond motifs is 1. The first-order chi connectivity index (χ1) is 13.7. The summed E-state index contributed by atoms with van der Waals surface area (Å²) in [5, 5.41) is 0.638. The van der Waals surface area contributed by atoms with Crippen molar-refractivity contribution in [3.8, 4) is 5.75 Å². The van der Waals surface area contributed by atoms with Gasteiger partial charge in [-0.15, -0.1) is 0 Å². The van der Waals surface area contributed by atoms with Gasteiger partial charge in [0.05, 0.1) is 24.4 Å². The Morgan fingerprint density at radius 1 is 1.14 bits per heavy atom. The number of hydrogen-bond donors (Lipinski definition) is 1. The summed E-state index contributed by atoms with van der Waals surface area (Å²) in [5.74, 6) is 0.942. The molecule has 0 saturated heterocycles. The van der Waals surface area contributed by atoms with Gasteiger partial charge in [-0.2, -0.15) is 0 Å². The summed E-state index contributed by atoms with van der Waals surface area (Å²) in [5.41, 5.74) is 7.47. The number of anilines is 2. The van der Waals surface area contributed by atoms with Crippen LogP contribution in [0.5, 0.6) is 5.75 Å². The molecule has 1 heterocycles. The summed E-state index contributed by atoms with van der Waals surface area (Å²) >= 11 is 0. The van der Waals surface area contributed by atoms with Crippen molar-refractivity contribution in [2.24, 2.45) is 0 Å². The molecule has 29 heavy (non-hydrogen) atoms. The summed E-state index contributed by atoms with van der Waals surface area (Å²) in [6, 6.07) is 12.8. The van der Waals surface area contributed by atoms with Crippen LogP contribution in [0.4, 0.5) is 16.3 Å². The van der Waals surface area contributed by atoms with Crippen LogP contribution < -0.4 is 15.4 Å². The summed E-state index contributed by atoms with van der Waals surface area (Å²) in [7, 11) is 1.55. The van der Waals surface area contributed by atoms with Gasteiger partial charge in [-0.25, -0.2) is 14.8 Å². The van der Waals surface area contributed by atoms with Crippen LogP contribution in [-0.2, 0) is 4.74 Å². The number of carbonyl (C=O) groups excluding carboxylic acids is 1. The SMILES string of the molecule is COc1cc2ncnc(N(C(=O)OC(C)(C)C)[C@@H](C)c3ccccc3)c2cc1N. The fraction of sp³-hybridized carbons (Fsp3) is 0.318. The van der Waals surface area contributed by atoms with Crippen LogP contribution in [0.25, 0.3) is 10.9 Å². The van der Waals surface area contributed by atoms with E-state index in [-0.39, 0.29) is 6.04 Å². The molecule has 0 aliphatic rings. The second-order valence-electron chi connectivity index (χ2n) is 7.75. The van der Waals surface area contributed by atoms with E-state index in [1.165, 1.54) is 11.2 Å². The molecule has 7 nitrogen and oxygen atoms in total. The van der Waals surface area contributed by atoms with E-state index in [0.717, 1.165) is 5.56 Å². The number of methoxy groups -OCH3 is 1. The van der Waals surface area contributed by atoms with Crippen molar-refractivity contribution in [3.05, 3.63) is 54.4 Å². The molecule has 3 rings (SSSR count). The fourth-order valence-electron chi connectivity index (χ4n) is 3.08. The van der Waals surface area contributed by atoms with E-state index in [9.17, 15) is 4.79 Å². The number of nitrogens with two attached hydrogens (primary N) is 1. The molecule has 3 aromatic rings. The van der Waals surface area contributed by atoms with Crippen molar-refractivity contribution in [1.29, 1.82) is 0 Å². The first-order valence-corrected chi connectivity index (χ1v) is 9.36. The molecule has 0 radical (unpaired) electrons.